The third-order valence-corrected chi connectivity index (χ3v) is 4.34. The minimum Gasteiger partial charge on any atom is -0.378 e. The number of halogens is 4. The summed E-state index contributed by atoms with van der Waals surface area (Å²) < 4.78 is 42.5. The maximum Gasteiger partial charge on any atom is 0.251 e. The van der Waals surface area contributed by atoms with Gasteiger partial charge in [0.05, 0.1) is 5.69 Å². The lowest BCUT2D eigenvalue weighted by molar-refractivity contribution is 0.0949. The molecule has 0 radical (unpaired) electrons. The van der Waals surface area contributed by atoms with E-state index < -0.39 is 23.4 Å². The van der Waals surface area contributed by atoms with Gasteiger partial charge in [-0.15, -0.1) is 0 Å². The molecule has 1 amide bonds. The molecule has 0 aliphatic heterocycles. The van der Waals surface area contributed by atoms with E-state index in [4.69, 9.17) is 0 Å². The monoisotopic (exact) mass is 477 g/mol. The topological polar surface area (TPSA) is 44.4 Å². The first-order valence-corrected chi connectivity index (χ1v) is 8.96. The molecule has 2 rings (SSSR count). The quantitative estimate of drug-likeness (QED) is 0.600. The minimum absolute atomic E-state index is 0.0149. The highest BCUT2D eigenvalue weighted by molar-refractivity contribution is 14.1. The molecule has 2 N–H and O–H groups in total. The number of amides is 1. The van der Waals surface area contributed by atoms with Gasteiger partial charge in [0, 0.05) is 34.3 Å². The smallest absolute Gasteiger partial charge is 0.251 e. The fourth-order valence-electron chi connectivity index (χ4n) is 2.28. The summed E-state index contributed by atoms with van der Waals surface area (Å²) in [4.78, 5) is 14.2. The molecule has 0 aliphatic rings. The van der Waals surface area contributed by atoms with Gasteiger partial charge in [0.1, 0.15) is 5.82 Å². The van der Waals surface area contributed by atoms with E-state index in [1.807, 2.05) is 41.6 Å². The van der Waals surface area contributed by atoms with Crippen LogP contribution in [0.15, 0.2) is 30.3 Å². The van der Waals surface area contributed by atoms with Crippen LogP contribution in [0.5, 0.6) is 0 Å². The van der Waals surface area contributed by atoms with Crippen LogP contribution in [0, 0.1) is 21.0 Å². The predicted molar refractivity (Wildman–Crippen MR) is 104 cm³/mol. The first-order chi connectivity index (χ1) is 12.3. The summed E-state index contributed by atoms with van der Waals surface area (Å²) in [6, 6.07) is 6.64. The van der Waals surface area contributed by atoms with Crippen molar-refractivity contribution in [1.82, 2.24) is 10.2 Å². The van der Waals surface area contributed by atoms with Crippen molar-refractivity contribution in [2.75, 3.05) is 32.5 Å². The van der Waals surface area contributed by atoms with Gasteiger partial charge in [0.25, 0.3) is 5.91 Å². The first-order valence-electron chi connectivity index (χ1n) is 7.88. The van der Waals surface area contributed by atoms with E-state index in [1.54, 1.807) is 6.07 Å². The minimum atomic E-state index is -1.12. The molecule has 2 aromatic carbocycles. The van der Waals surface area contributed by atoms with Gasteiger partial charge >= 0.3 is 0 Å². The van der Waals surface area contributed by atoms with Crippen LogP contribution in [0.25, 0.3) is 0 Å². The molecule has 140 valence electrons. The molecule has 0 saturated heterocycles. The number of anilines is 1. The SMILES string of the molecule is CN(C)CCNC(=O)c1ccc(F)c(F)c1CNc1ccc(I)cc1F. The van der Waals surface area contributed by atoms with Crippen LogP contribution in [0.4, 0.5) is 18.9 Å². The highest BCUT2D eigenvalue weighted by atomic mass is 127. The van der Waals surface area contributed by atoms with Crippen LogP contribution in [0.1, 0.15) is 15.9 Å². The molecule has 0 bridgehead atoms. The number of rotatable bonds is 7. The van der Waals surface area contributed by atoms with Crippen molar-refractivity contribution in [1.29, 1.82) is 0 Å². The Morgan fingerprint density at radius 2 is 1.85 bits per heavy atom. The van der Waals surface area contributed by atoms with Crippen molar-refractivity contribution < 1.29 is 18.0 Å². The Labute approximate surface area is 163 Å². The van der Waals surface area contributed by atoms with Gasteiger partial charge in [-0.05, 0) is 67.0 Å². The maximum atomic E-state index is 14.2. The van der Waals surface area contributed by atoms with E-state index in [0.717, 1.165) is 6.07 Å². The fourth-order valence-corrected chi connectivity index (χ4v) is 2.74. The number of hydrogen-bond acceptors (Lipinski definition) is 3. The van der Waals surface area contributed by atoms with Crippen LogP contribution < -0.4 is 10.6 Å². The molecule has 0 atom stereocenters. The third-order valence-electron chi connectivity index (χ3n) is 3.67. The second-order valence-electron chi connectivity index (χ2n) is 5.92. The molecule has 0 spiro atoms. The zero-order chi connectivity index (χ0) is 19.3. The normalized spacial score (nSPS) is 10.9. The van der Waals surface area contributed by atoms with Gasteiger partial charge in [-0.1, -0.05) is 0 Å². The second kappa shape index (κ2) is 9.22. The van der Waals surface area contributed by atoms with Gasteiger partial charge in [-0.25, -0.2) is 13.2 Å². The van der Waals surface area contributed by atoms with E-state index >= 15 is 0 Å². The van der Waals surface area contributed by atoms with Gasteiger partial charge < -0.3 is 15.5 Å². The van der Waals surface area contributed by atoms with Crippen LogP contribution in [-0.4, -0.2) is 38.0 Å². The summed E-state index contributed by atoms with van der Waals surface area (Å²) in [7, 11) is 3.71. The Bertz CT molecular complexity index is 799. The van der Waals surface area contributed by atoms with Crippen LogP contribution >= 0.6 is 22.6 Å². The van der Waals surface area contributed by atoms with Crippen molar-refractivity contribution in [3.05, 3.63) is 62.5 Å². The van der Waals surface area contributed by atoms with E-state index in [0.29, 0.717) is 16.7 Å². The van der Waals surface area contributed by atoms with E-state index in [1.165, 1.54) is 18.2 Å². The van der Waals surface area contributed by atoms with E-state index in [9.17, 15) is 18.0 Å². The Morgan fingerprint density at radius 3 is 2.50 bits per heavy atom. The first kappa shape index (κ1) is 20.5. The van der Waals surface area contributed by atoms with Gasteiger partial charge in [-0.2, -0.15) is 0 Å². The zero-order valence-corrected chi connectivity index (χ0v) is 16.5. The molecule has 0 aromatic heterocycles. The molecule has 0 saturated carbocycles. The maximum absolute atomic E-state index is 14.2. The number of benzene rings is 2. The predicted octanol–water partition coefficient (Wildman–Crippen LogP) is 3.61. The molecule has 0 fully saturated rings. The number of nitrogens with zero attached hydrogens (tertiary/aromatic N) is 1. The van der Waals surface area contributed by atoms with Crippen LogP contribution in [0.2, 0.25) is 0 Å². The molecular weight excluding hydrogens is 458 g/mol. The summed E-state index contributed by atoms with van der Waals surface area (Å²) in [5, 5.41) is 5.38. The van der Waals surface area contributed by atoms with Crippen molar-refractivity contribution in [3.8, 4) is 0 Å². The van der Waals surface area contributed by atoms with Crippen molar-refractivity contribution in [2.45, 2.75) is 6.54 Å². The van der Waals surface area contributed by atoms with Gasteiger partial charge in [-0.3, -0.25) is 4.79 Å². The highest BCUT2D eigenvalue weighted by Gasteiger charge is 2.19. The van der Waals surface area contributed by atoms with Crippen molar-refractivity contribution >= 4 is 34.2 Å². The Hall–Kier alpha value is -1.81. The second-order valence-corrected chi connectivity index (χ2v) is 7.17. The Morgan fingerprint density at radius 1 is 1.12 bits per heavy atom. The molecule has 0 aliphatic carbocycles. The number of likely N-dealkylation sites (N-methyl/N-ethyl adjacent to an activating group) is 1. The largest absolute Gasteiger partial charge is 0.378 e. The molecule has 2 aromatic rings. The van der Waals surface area contributed by atoms with Crippen LogP contribution in [0.3, 0.4) is 0 Å². The zero-order valence-electron chi connectivity index (χ0n) is 14.4. The fraction of sp³-hybridized carbons (Fsp3) is 0.278. The molecule has 4 nitrogen and oxygen atoms in total. The average Bonchev–Trinajstić information content (AvgIpc) is 2.57. The summed E-state index contributed by atoms with van der Waals surface area (Å²) in [6.45, 7) is 0.748. The lowest BCUT2D eigenvalue weighted by Gasteiger charge is -2.15. The highest BCUT2D eigenvalue weighted by Crippen LogP contribution is 2.21. The van der Waals surface area contributed by atoms with Crippen molar-refractivity contribution in [2.24, 2.45) is 0 Å². The number of hydrogen-bond donors (Lipinski definition) is 2. The molecule has 0 heterocycles. The van der Waals surface area contributed by atoms with Gasteiger partial charge in [0.2, 0.25) is 0 Å². The number of carbonyl (C=O) groups excluding carboxylic acids is 1. The molecule has 8 heteroatoms. The molecular formula is C18H19F3IN3O. The average molecular weight is 477 g/mol. The third kappa shape index (κ3) is 5.34. The van der Waals surface area contributed by atoms with E-state index in [-0.39, 0.29) is 23.4 Å². The Balaban J connectivity index is 2.20. The van der Waals surface area contributed by atoms with E-state index in [2.05, 4.69) is 10.6 Å². The van der Waals surface area contributed by atoms with Gasteiger partial charge in [0.15, 0.2) is 11.6 Å². The summed E-state index contributed by atoms with van der Waals surface area (Å²) in [6.07, 6.45) is 0. The Kier molecular flexibility index (Phi) is 7.27. The standard InChI is InChI=1S/C18H19F3IN3O/c1-25(2)8-7-23-18(26)12-4-5-14(19)17(21)13(12)10-24-16-6-3-11(22)9-15(16)20/h3-6,9,24H,7-8,10H2,1-2H3,(H,23,26). The lowest BCUT2D eigenvalue weighted by atomic mass is 10.1. The van der Waals surface area contributed by atoms with Crippen molar-refractivity contribution in [3.63, 3.8) is 0 Å². The number of nitrogens with one attached hydrogen (secondary N) is 2. The molecule has 0 unspecified atom stereocenters. The summed E-state index contributed by atoms with van der Waals surface area (Å²) in [5.41, 5.74) is 0.0134. The molecule has 26 heavy (non-hydrogen) atoms. The summed E-state index contributed by atoms with van der Waals surface area (Å²) in [5.74, 6) is -3.20. The number of carbonyl (C=O) groups is 1. The van der Waals surface area contributed by atoms with Crippen LogP contribution in [-0.2, 0) is 6.54 Å². The lowest BCUT2D eigenvalue weighted by Crippen LogP contribution is -2.32. The summed E-state index contributed by atoms with van der Waals surface area (Å²) >= 11 is 1.97.